The molecule has 0 bridgehead atoms. The summed E-state index contributed by atoms with van der Waals surface area (Å²) in [7, 11) is 0. The van der Waals surface area contributed by atoms with Gasteiger partial charge in [-0.05, 0) is 65.9 Å². The van der Waals surface area contributed by atoms with Crippen LogP contribution in [0, 0.1) is 6.92 Å². The van der Waals surface area contributed by atoms with Gasteiger partial charge in [0.15, 0.2) is 0 Å². The van der Waals surface area contributed by atoms with E-state index in [1.807, 2.05) is 49.4 Å². The van der Waals surface area contributed by atoms with E-state index in [1.165, 1.54) is 18.8 Å². The Morgan fingerprint density at radius 3 is 1.83 bits per heavy atom. The lowest BCUT2D eigenvalue weighted by molar-refractivity contribution is -0.134. The quantitative estimate of drug-likeness (QED) is 0.178. The van der Waals surface area contributed by atoms with E-state index in [4.69, 9.17) is 18.9 Å². The van der Waals surface area contributed by atoms with Gasteiger partial charge < -0.3 is 18.9 Å². The van der Waals surface area contributed by atoms with Gasteiger partial charge in [0.25, 0.3) is 0 Å². The third-order valence-corrected chi connectivity index (χ3v) is 4.97. The monoisotopic (exact) mass is 482 g/mol. The van der Waals surface area contributed by atoms with E-state index < -0.39 is 11.9 Å². The molecule has 3 aromatic carbocycles. The van der Waals surface area contributed by atoms with Gasteiger partial charge in [-0.25, -0.2) is 9.59 Å². The van der Waals surface area contributed by atoms with Crippen molar-refractivity contribution in [1.82, 2.24) is 0 Å². The van der Waals surface area contributed by atoms with Gasteiger partial charge in [0.05, 0.1) is 0 Å². The Morgan fingerprint density at radius 1 is 0.722 bits per heavy atom. The molecule has 3 aromatic rings. The Labute approximate surface area is 210 Å². The van der Waals surface area contributed by atoms with Gasteiger partial charge >= 0.3 is 11.9 Å². The minimum absolute atomic E-state index is 0.315. The van der Waals surface area contributed by atoms with Crippen LogP contribution in [0.5, 0.6) is 11.5 Å². The maximum absolute atomic E-state index is 11.4. The van der Waals surface area contributed by atoms with Crippen LogP contribution in [0.4, 0.5) is 0 Å². The van der Waals surface area contributed by atoms with E-state index in [2.05, 4.69) is 37.4 Å². The van der Waals surface area contributed by atoms with E-state index in [9.17, 15) is 9.59 Å². The number of benzene rings is 3. The second kappa shape index (κ2) is 12.6. The lowest BCUT2D eigenvalue weighted by Crippen LogP contribution is -1.99. The van der Waals surface area contributed by atoms with Crippen LogP contribution in [0.1, 0.15) is 12.5 Å². The van der Waals surface area contributed by atoms with Crippen molar-refractivity contribution in [2.45, 2.75) is 13.8 Å². The highest BCUT2D eigenvalue weighted by Gasteiger charge is 2.05. The standard InChI is InChI=1S/C30H26O6/c1-5-29(31)35-18-16-33-27-13-10-24(11-14-27)23-6-8-25(9-7-23)26-12-15-28(22(4)20-26)34-17-19-36-30(32)21(2)3/h5-20H,1-2H2,3-4H3/b18-16-,19-17-. The minimum atomic E-state index is -0.552. The Balaban J connectivity index is 1.61. The Kier molecular flexibility index (Phi) is 9.00. The fourth-order valence-electron chi connectivity index (χ4n) is 3.08. The molecule has 182 valence electrons. The molecule has 36 heavy (non-hydrogen) atoms. The second-order valence-corrected chi connectivity index (χ2v) is 7.69. The Bertz CT molecular complexity index is 1300. The van der Waals surface area contributed by atoms with E-state index in [0.29, 0.717) is 17.1 Å². The first-order valence-electron chi connectivity index (χ1n) is 11.0. The van der Waals surface area contributed by atoms with Crippen LogP contribution in [0.3, 0.4) is 0 Å². The molecule has 0 fully saturated rings. The third-order valence-electron chi connectivity index (χ3n) is 4.97. The summed E-state index contributed by atoms with van der Waals surface area (Å²) in [5.74, 6) is 0.219. The number of carbonyl (C=O) groups excluding carboxylic acids is 2. The Hall–Kier alpha value is -4.84. The number of aryl methyl sites for hydroxylation is 1. The number of esters is 2. The topological polar surface area (TPSA) is 71.1 Å². The number of rotatable bonds is 10. The molecule has 0 unspecified atom stereocenters. The highest BCUT2D eigenvalue weighted by atomic mass is 16.5. The van der Waals surface area contributed by atoms with Gasteiger partial charge in [-0.15, -0.1) is 0 Å². The molecule has 0 N–H and O–H groups in total. The zero-order valence-electron chi connectivity index (χ0n) is 20.1. The van der Waals surface area contributed by atoms with Gasteiger partial charge in [0.2, 0.25) is 0 Å². The van der Waals surface area contributed by atoms with Crippen molar-refractivity contribution < 1.29 is 28.5 Å². The van der Waals surface area contributed by atoms with Crippen LogP contribution in [0.2, 0.25) is 0 Å². The van der Waals surface area contributed by atoms with Gasteiger partial charge in [-0.3, -0.25) is 0 Å². The summed E-state index contributed by atoms with van der Waals surface area (Å²) < 4.78 is 20.6. The number of carbonyl (C=O) groups is 2. The summed E-state index contributed by atoms with van der Waals surface area (Å²) in [4.78, 5) is 22.4. The van der Waals surface area contributed by atoms with Crippen molar-refractivity contribution >= 4 is 11.9 Å². The summed E-state index contributed by atoms with van der Waals surface area (Å²) in [5, 5.41) is 0. The molecule has 0 aliphatic rings. The van der Waals surface area contributed by atoms with Gasteiger partial charge in [0, 0.05) is 11.6 Å². The molecule has 0 atom stereocenters. The molecule has 0 radical (unpaired) electrons. The average molecular weight is 483 g/mol. The van der Waals surface area contributed by atoms with Crippen molar-refractivity contribution in [2.75, 3.05) is 0 Å². The molecule has 6 nitrogen and oxygen atoms in total. The minimum Gasteiger partial charge on any atom is -0.462 e. The normalized spacial score (nSPS) is 10.7. The summed E-state index contributed by atoms with van der Waals surface area (Å²) in [6.07, 6.45) is 6.04. The van der Waals surface area contributed by atoms with Crippen LogP contribution in [0.15, 0.2) is 117 Å². The first-order chi connectivity index (χ1) is 17.4. The number of hydrogen-bond acceptors (Lipinski definition) is 6. The highest BCUT2D eigenvalue weighted by Crippen LogP contribution is 2.29. The lowest BCUT2D eigenvalue weighted by atomic mass is 9.99. The largest absolute Gasteiger partial charge is 0.462 e. The maximum Gasteiger partial charge on any atom is 0.338 e. The van der Waals surface area contributed by atoms with Crippen LogP contribution in [-0.2, 0) is 19.1 Å². The van der Waals surface area contributed by atoms with Crippen molar-refractivity contribution in [3.05, 3.63) is 122 Å². The zero-order valence-corrected chi connectivity index (χ0v) is 20.1. The predicted molar refractivity (Wildman–Crippen MR) is 139 cm³/mol. The third kappa shape index (κ3) is 7.33. The first kappa shape index (κ1) is 25.8. The molecule has 0 saturated heterocycles. The van der Waals surface area contributed by atoms with Crippen LogP contribution >= 0.6 is 0 Å². The first-order valence-corrected chi connectivity index (χ1v) is 11.0. The Morgan fingerprint density at radius 2 is 1.25 bits per heavy atom. The fraction of sp³-hybridized carbons (Fsp3) is 0.0667. The summed E-state index contributed by atoms with van der Waals surface area (Å²) in [6.45, 7) is 10.4. The van der Waals surface area contributed by atoms with Crippen molar-refractivity contribution in [3.8, 4) is 33.8 Å². The van der Waals surface area contributed by atoms with Gasteiger partial charge in [-0.1, -0.05) is 55.6 Å². The maximum atomic E-state index is 11.4. The zero-order chi connectivity index (χ0) is 25.9. The van der Waals surface area contributed by atoms with E-state index in [0.717, 1.165) is 40.2 Å². The number of hydrogen-bond donors (Lipinski definition) is 0. The van der Waals surface area contributed by atoms with Crippen LogP contribution in [0.25, 0.3) is 22.3 Å². The molecule has 0 aliphatic heterocycles. The smallest absolute Gasteiger partial charge is 0.338 e. The van der Waals surface area contributed by atoms with Crippen molar-refractivity contribution in [2.24, 2.45) is 0 Å². The van der Waals surface area contributed by atoms with Crippen LogP contribution < -0.4 is 9.47 Å². The van der Waals surface area contributed by atoms with Crippen molar-refractivity contribution in [1.29, 1.82) is 0 Å². The fourth-order valence-corrected chi connectivity index (χ4v) is 3.08. The van der Waals surface area contributed by atoms with Gasteiger partial charge in [-0.2, -0.15) is 0 Å². The molecule has 0 aromatic heterocycles. The number of ether oxygens (including phenoxy) is 4. The molecule has 0 aliphatic carbocycles. The molecular formula is C30H26O6. The summed E-state index contributed by atoms with van der Waals surface area (Å²) in [6, 6.07) is 21.7. The van der Waals surface area contributed by atoms with Crippen molar-refractivity contribution in [3.63, 3.8) is 0 Å². The molecule has 0 spiro atoms. The van der Waals surface area contributed by atoms with E-state index in [1.54, 1.807) is 6.92 Å². The molecular weight excluding hydrogens is 456 g/mol. The lowest BCUT2D eigenvalue weighted by Gasteiger charge is -2.09. The van der Waals surface area contributed by atoms with E-state index in [-0.39, 0.29) is 0 Å². The average Bonchev–Trinajstić information content (AvgIpc) is 2.90. The predicted octanol–water partition coefficient (Wildman–Crippen LogP) is 6.88. The van der Waals surface area contributed by atoms with Gasteiger partial charge in [0.1, 0.15) is 36.5 Å². The summed E-state index contributed by atoms with van der Waals surface area (Å²) in [5.41, 5.74) is 5.48. The second-order valence-electron chi connectivity index (χ2n) is 7.69. The summed E-state index contributed by atoms with van der Waals surface area (Å²) >= 11 is 0. The highest BCUT2D eigenvalue weighted by molar-refractivity contribution is 5.87. The molecule has 0 heterocycles. The molecule has 3 rings (SSSR count). The molecule has 0 amide bonds. The van der Waals surface area contributed by atoms with Crippen LogP contribution in [-0.4, -0.2) is 11.9 Å². The SMILES string of the molecule is C=CC(=O)O/C=C\Oc1ccc(-c2ccc(-c3ccc(O/C=C\OC(=O)C(=C)C)c(C)c3)cc2)cc1. The molecule has 6 heteroatoms. The molecule has 0 saturated carbocycles. The van der Waals surface area contributed by atoms with E-state index >= 15 is 0 Å².